The Morgan fingerprint density at radius 1 is 1.29 bits per heavy atom. The molecular formula is C14H19FN2. The van der Waals surface area contributed by atoms with Gasteiger partial charge in [-0.25, -0.2) is 4.39 Å². The van der Waals surface area contributed by atoms with E-state index in [2.05, 4.69) is 5.32 Å². The molecule has 0 radical (unpaired) electrons. The molecule has 3 atom stereocenters. The monoisotopic (exact) mass is 234 g/mol. The second kappa shape index (κ2) is 3.90. The average Bonchev–Trinajstić information content (AvgIpc) is 2.87. The summed E-state index contributed by atoms with van der Waals surface area (Å²) in [6.07, 6.45) is 5.33. The van der Waals surface area contributed by atoms with Crippen LogP contribution in [0.25, 0.3) is 0 Å². The van der Waals surface area contributed by atoms with Crippen molar-refractivity contribution >= 4 is 11.4 Å². The second-order valence-electron chi connectivity index (χ2n) is 5.61. The maximum absolute atomic E-state index is 13.3. The minimum atomic E-state index is -0.221. The summed E-state index contributed by atoms with van der Waals surface area (Å²) in [4.78, 5) is 0. The van der Waals surface area contributed by atoms with Crippen molar-refractivity contribution in [1.29, 1.82) is 0 Å². The lowest BCUT2D eigenvalue weighted by Crippen LogP contribution is -2.26. The number of nitrogens with two attached hydrogens (primary N) is 1. The summed E-state index contributed by atoms with van der Waals surface area (Å²) in [5.74, 6) is 1.48. The maximum Gasteiger partial charge on any atom is 0.128 e. The predicted octanol–water partition coefficient (Wildman–Crippen LogP) is 3.32. The van der Waals surface area contributed by atoms with E-state index < -0.39 is 0 Å². The Morgan fingerprint density at radius 3 is 2.76 bits per heavy atom. The van der Waals surface area contributed by atoms with Crippen LogP contribution in [-0.4, -0.2) is 6.04 Å². The highest BCUT2D eigenvalue weighted by Crippen LogP contribution is 2.45. The first-order chi connectivity index (χ1) is 8.13. The molecule has 2 aliphatic carbocycles. The molecule has 2 saturated carbocycles. The Kier molecular flexibility index (Phi) is 2.49. The first-order valence-corrected chi connectivity index (χ1v) is 6.45. The van der Waals surface area contributed by atoms with E-state index in [1.54, 1.807) is 6.92 Å². The van der Waals surface area contributed by atoms with E-state index in [-0.39, 0.29) is 5.82 Å². The van der Waals surface area contributed by atoms with Crippen molar-refractivity contribution < 1.29 is 4.39 Å². The number of hydrogen-bond acceptors (Lipinski definition) is 2. The lowest BCUT2D eigenvalue weighted by atomic mass is 9.95. The zero-order valence-corrected chi connectivity index (χ0v) is 10.2. The summed E-state index contributed by atoms with van der Waals surface area (Å²) in [6.45, 7) is 1.78. The van der Waals surface area contributed by atoms with Crippen LogP contribution in [0.15, 0.2) is 12.1 Å². The summed E-state index contributed by atoms with van der Waals surface area (Å²) in [5.41, 5.74) is 7.95. The fourth-order valence-corrected chi connectivity index (χ4v) is 3.44. The number of benzene rings is 1. The molecule has 3 heteroatoms. The third kappa shape index (κ3) is 1.88. The quantitative estimate of drug-likeness (QED) is 0.770. The molecule has 17 heavy (non-hydrogen) atoms. The first kappa shape index (κ1) is 10.9. The van der Waals surface area contributed by atoms with Gasteiger partial charge >= 0.3 is 0 Å². The van der Waals surface area contributed by atoms with Gasteiger partial charge in [-0.2, -0.15) is 0 Å². The van der Waals surface area contributed by atoms with Gasteiger partial charge in [-0.15, -0.1) is 0 Å². The van der Waals surface area contributed by atoms with Crippen LogP contribution in [0, 0.1) is 24.6 Å². The molecule has 2 fully saturated rings. The molecule has 0 aliphatic heterocycles. The fourth-order valence-electron chi connectivity index (χ4n) is 3.44. The number of fused-ring (bicyclic) bond motifs is 2. The summed E-state index contributed by atoms with van der Waals surface area (Å²) in [6, 6.07) is 3.79. The van der Waals surface area contributed by atoms with Gasteiger partial charge in [0.25, 0.3) is 0 Å². The van der Waals surface area contributed by atoms with Crippen LogP contribution >= 0.6 is 0 Å². The molecule has 0 aromatic heterocycles. The zero-order chi connectivity index (χ0) is 12.0. The van der Waals surface area contributed by atoms with E-state index in [0.717, 1.165) is 17.5 Å². The van der Waals surface area contributed by atoms with Crippen molar-refractivity contribution in [3.63, 3.8) is 0 Å². The summed E-state index contributed by atoms with van der Waals surface area (Å²) >= 11 is 0. The molecule has 0 saturated heterocycles. The topological polar surface area (TPSA) is 38.0 Å². The summed E-state index contributed by atoms with van der Waals surface area (Å²) < 4.78 is 13.3. The number of aryl methyl sites for hydroxylation is 1. The van der Waals surface area contributed by atoms with Gasteiger partial charge in [0.1, 0.15) is 5.82 Å². The summed E-state index contributed by atoms with van der Waals surface area (Å²) in [5, 5.41) is 3.52. The minimum absolute atomic E-state index is 0.221. The van der Waals surface area contributed by atoms with Crippen molar-refractivity contribution in [2.45, 2.75) is 38.6 Å². The van der Waals surface area contributed by atoms with Crippen molar-refractivity contribution in [2.24, 2.45) is 11.8 Å². The molecule has 3 unspecified atom stereocenters. The molecule has 0 amide bonds. The Hall–Kier alpha value is -1.25. The normalized spacial score (nSPS) is 30.8. The number of nitrogen functional groups attached to an aromatic ring is 1. The van der Waals surface area contributed by atoms with Crippen LogP contribution in [0.5, 0.6) is 0 Å². The van der Waals surface area contributed by atoms with Crippen LogP contribution in [-0.2, 0) is 0 Å². The van der Waals surface area contributed by atoms with E-state index in [1.807, 2.05) is 6.07 Å². The smallest absolute Gasteiger partial charge is 0.128 e. The third-order valence-electron chi connectivity index (χ3n) is 4.41. The average molecular weight is 234 g/mol. The van der Waals surface area contributed by atoms with Crippen LogP contribution in [0.2, 0.25) is 0 Å². The number of rotatable bonds is 2. The van der Waals surface area contributed by atoms with Gasteiger partial charge < -0.3 is 11.1 Å². The Morgan fingerprint density at radius 2 is 2.12 bits per heavy atom. The van der Waals surface area contributed by atoms with Crippen molar-refractivity contribution in [2.75, 3.05) is 11.1 Å². The van der Waals surface area contributed by atoms with Gasteiger partial charge in [0, 0.05) is 6.04 Å². The standard InChI is InChI=1S/C14H19FN2/c1-8-4-14(12(16)7-11(8)15)17-13-6-9-2-3-10(13)5-9/h4,7,9-10,13,17H,2-3,5-6,16H2,1H3. The number of hydrogen-bond donors (Lipinski definition) is 2. The Bertz CT molecular complexity index is 444. The van der Waals surface area contributed by atoms with Crippen LogP contribution in [0.4, 0.5) is 15.8 Å². The molecular weight excluding hydrogens is 215 g/mol. The van der Waals surface area contributed by atoms with Crippen molar-refractivity contribution in [1.82, 2.24) is 0 Å². The van der Waals surface area contributed by atoms with Gasteiger partial charge in [-0.05, 0) is 55.7 Å². The third-order valence-corrected chi connectivity index (χ3v) is 4.41. The fraction of sp³-hybridized carbons (Fsp3) is 0.571. The van der Waals surface area contributed by atoms with Crippen LogP contribution in [0.3, 0.4) is 0 Å². The minimum Gasteiger partial charge on any atom is -0.397 e. The molecule has 1 aromatic rings. The molecule has 92 valence electrons. The van der Waals surface area contributed by atoms with E-state index in [1.165, 1.54) is 31.7 Å². The summed E-state index contributed by atoms with van der Waals surface area (Å²) in [7, 11) is 0. The highest BCUT2D eigenvalue weighted by atomic mass is 19.1. The number of nitrogens with one attached hydrogen (secondary N) is 1. The van der Waals surface area contributed by atoms with E-state index in [0.29, 0.717) is 17.3 Å². The van der Waals surface area contributed by atoms with Crippen LogP contribution in [0.1, 0.15) is 31.2 Å². The van der Waals surface area contributed by atoms with Crippen LogP contribution < -0.4 is 11.1 Å². The number of halogens is 1. The molecule has 0 spiro atoms. The Balaban J connectivity index is 1.79. The molecule has 2 bridgehead atoms. The Labute approximate surface area is 101 Å². The van der Waals surface area contributed by atoms with Crippen molar-refractivity contribution in [3.8, 4) is 0 Å². The van der Waals surface area contributed by atoms with E-state index in [9.17, 15) is 4.39 Å². The van der Waals surface area contributed by atoms with Gasteiger partial charge in [-0.1, -0.05) is 6.42 Å². The van der Waals surface area contributed by atoms with E-state index >= 15 is 0 Å². The largest absolute Gasteiger partial charge is 0.397 e. The molecule has 0 heterocycles. The van der Waals surface area contributed by atoms with Gasteiger partial charge in [0.05, 0.1) is 11.4 Å². The molecule has 1 aromatic carbocycles. The van der Waals surface area contributed by atoms with Gasteiger partial charge in [0.2, 0.25) is 0 Å². The molecule has 3 rings (SSSR count). The maximum atomic E-state index is 13.3. The molecule has 2 nitrogen and oxygen atoms in total. The first-order valence-electron chi connectivity index (χ1n) is 6.45. The second-order valence-corrected chi connectivity index (χ2v) is 5.61. The van der Waals surface area contributed by atoms with Gasteiger partial charge in [0.15, 0.2) is 0 Å². The SMILES string of the molecule is Cc1cc(NC2CC3CCC2C3)c(N)cc1F. The highest BCUT2D eigenvalue weighted by Gasteiger charge is 2.39. The van der Waals surface area contributed by atoms with E-state index in [4.69, 9.17) is 5.73 Å². The zero-order valence-electron chi connectivity index (χ0n) is 10.2. The lowest BCUT2D eigenvalue weighted by Gasteiger charge is -2.25. The molecule has 2 aliphatic rings. The predicted molar refractivity (Wildman–Crippen MR) is 68.4 cm³/mol. The molecule has 3 N–H and O–H groups in total. The lowest BCUT2D eigenvalue weighted by molar-refractivity contribution is 0.440. The van der Waals surface area contributed by atoms with Crippen molar-refractivity contribution in [3.05, 3.63) is 23.5 Å². The number of anilines is 2. The highest BCUT2D eigenvalue weighted by molar-refractivity contribution is 5.67. The van der Waals surface area contributed by atoms with Gasteiger partial charge in [-0.3, -0.25) is 0 Å².